The van der Waals surface area contributed by atoms with Crippen LogP contribution in [0.5, 0.6) is 0 Å². The fourth-order valence-corrected chi connectivity index (χ4v) is 2.22. The molecule has 1 unspecified atom stereocenters. The smallest absolute Gasteiger partial charge is 0.323 e. The molecule has 0 aromatic carbocycles. The standard InChI is InChI=1S/C12H21N3O2S/c1-4-17-12(16)11(13)8-18-7-10-5-6-15(14-10)9(2)3/h5-6,9,11H,4,7-8,13H2,1-3H3. The highest BCUT2D eigenvalue weighted by Gasteiger charge is 2.14. The number of thioether (sulfide) groups is 1. The average Bonchev–Trinajstić information content (AvgIpc) is 2.78. The van der Waals surface area contributed by atoms with Crippen molar-refractivity contribution >= 4 is 17.7 Å². The maximum atomic E-state index is 11.3. The van der Waals surface area contributed by atoms with Crippen LogP contribution in [0.3, 0.4) is 0 Å². The Bertz CT molecular complexity index is 379. The van der Waals surface area contributed by atoms with Crippen LogP contribution in [0, 0.1) is 0 Å². The van der Waals surface area contributed by atoms with E-state index in [1.807, 2.05) is 16.9 Å². The molecular weight excluding hydrogens is 250 g/mol. The van der Waals surface area contributed by atoms with Crippen molar-refractivity contribution < 1.29 is 9.53 Å². The van der Waals surface area contributed by atoms with Crippen LogP contribution in [0.2, 0.25) is 0 Å². The SMILES string of the molecule is CCOC(=O)C(N)CSCc1ccn(C(C)C)n1. The molecule has 0 aliphatic heterocycles. The minimum absolute atomic E-state index is 0.335. The topological polar surface area (TPSA) is 70.1 Å². The van der Waals surface area contributed by atoms with E-state index < -0.39 is 6.04 Å². The van der Waals surface area contributed by atoms with Gasteiger partial charge in [0.15, 0.2) is 0 Å². The Morgan fingerprint density at radius 3 is 2.89 bits per heavy atom. The normalized spacial score (nSPS) is 12.7. The summed E-state index contributed by atoms with van der Waals surface area (Å²) in [6.07, 6.45) is 1.96. The lowest BCUT2D eigenvalue weighted by Gasteiger charge is -2.09. The maximum absolute atomic E-state index is 11.3. The number of hydrogen-bond donors (Lipinski definition) is 1. The predicted molar refractivity (Wildman–Crippen MR) is 73.4 cm³/mol. The monoisotopic (exact) mass is 271 g/mol. The van der Waals surface area contributed by atoms with Crippen molar-refractivity contribution in [3.8, 4) is 0 Å². The van der Waals surface area contributed by atoms with Gasteiger partial charge in [-0.05, 0) is 26.8 Å². The van der Waals surface area contributed by atoms with Crippen molar-refractivity contribution in [1.29, 1.82) is 0 Å². The molecule has 0 spiro atoms. The van der Waals surface area contributed by atoms with Crippen LogP contribution in [0.4, 0.5) is 0 Å². The maximum Gasteiger partial charge on any atom is 0.323 e. The number of ether oxygens (including phenoxy) is 1. The van der Waals surface area contributed by atoms with Gasteiger partial charge in [-0.1, -0.05) is 0 Å². The Labute approximate surface area is 112 Å². The number of aromatic nitrogens is 2. The fourth-order valence-electron chi connectivity index (χ4n) is 1.35. The third-order valence-corrected chi connectivity index (χ3v) is 3.42. The van der Waals surface area contributed by atoms with Crippen LogP contribution in [0.1, 0.15) is 32.5 Å². The van der Waals surface area contributed by atoms with E-state index in [0.717, 1.165) is 11.4 Å². The first-order valence-electron chi connectivity index (χ1n) is 6.08. The molecule has 0 aliphatic carbocycles. The van der Waals surface area contributed by atoms with Gasteiger partial charge in [0.05, 0.1) is 12.3 Å². The second-order valence-corrected chi connectivity index (χ2v) is 5.28. The van der Waals surface area contributed by atoms with Crippen LogP contribution < -0.4 is 5.73 Å². The molecule has 0 bridgehead atoms. The number of rotatable bonds is 7. The van der Waals surface area contributed by atoms with Gasteiger partial charge in [0, 0.05) is 23.7 Å². The molecule has 1 aromatic heterocycles. The molecule has 6 heteroatoms. The van der Waals surface area contributed by atoms with E-state index in [4.69, 9.17) is 10.5 Å². The van der Waals surface area contributed by atoms with Gasteiger partial charge >= 0.3 is 5.97 Å². The first-order valence-corrected chi connectivity index (χ1v) is 7.24. The lowest BCUT2D eigenvalue weighted by Crippen LogP contribution is -2.34. The third kappa shape index (κ3) is 4.70. The zero-order valence-electron chi connectivity index (χ0n) is 11.1. The van der Waals surface area contributed by atoms with Gasteiger partial charge in [0.25, 0.3) is 0 Å². The van der Waals surface area contributed by atoms with Gasteiger partial charge in [-0.2, -0.15) is 16.9 Å². The second kappa shape index (κ2) is 7.43. The Balaban J connectivity index is 2.30. The average molecular weight is 271 g/mol. The summed E-state index contributed by atoms with van der Waals surface area (Å²) in [6, 6.07) is 1.80. The molecule has 1 atom stereocenters. The third-order valence-electron chi connectivity index (χ3n) is 2.33. The lowest BCUT2D eigenvalue weighted by atomic mass is 10.4. The summed E-state index contributed by atoms with van der Waals surface area (Å²) in [6.45, 7) is 6.31. The van der Waals surface area contributed by atoms with Gasteiger partial charge in [-0.15, -0.1) is 0 Å². The van der Waals surface area contributed by atoms with E-state index in [0.29, 0.717) is 18.4 Å². The Kier molecular flexibility index (Phi) is 6.21. The summed E-state index contributed by atoms with van der Waals surface area (Å²) in [4.78, 5) is 11.3. The highest BCUT2D eigenvalue weighted by atomic mass is 32.2. The molecule has 5 nitrogen and oxygen atoms in total. The molecule has 1 rings (SSSR count). The molecule has 0 saturated carbocycles. The summed E-state index contributed by atoms with van der Waals surface area (Å²) < 4.78 is 6.76. The van der Waals surface area contributed by atoms with Crippen LogP contribution in [-0.2, 0) is 15.3 Å². The summed E-state index contributed by atoms with van der Waals surface area (Å²) >= 11 is 1.59. The molecule has 1 heterocycles. The largest absolute Gasteiger partial charge is 0.465 e. The van der Waals surface area contributed by atoms with Crippen molar-refractivity contribution in [2.45, 2.75) is 38.6 Å². The molecule has 2 N–H and O–H groups in total. The van der Waals surface area contributed by atoms with Crippen LogP contribution in [0.25, 0.3) is 0 Å². The zero-order chi connectivity index (χ0) is 13.5. The highest BCUT2D eigenvalue weighted by molar-refractivity contribution is 7.98. The molecule has 0 radical (unpaired) electrons. The second-order valence-electron chi connectivity index (χ2n) is 4.25. The molecule has 0 fully saturated rings. The van der Waals surface area contributed by atoms with Crippen molar-refractivity contribution in [3.63, 3.8) is 0 Å². The van der Waals surface area contributed by atoms with Crippen LogP contribution >= 0.6 is 11.8 Å². The van der Waals surface area contributed by atoms with Crippen molar-refractivity contribution in [2.24, 2.45) is 5.73 Å². The lowest BCUT2D eigenvalue weighted by molar-refractivity contribution is -0.144. The fraction of sp³-hybridized carbons (Fsp3) is 0.667. The Morgan fingerprint density at radius 1 is 1.61 bits per heavy atom. The molecule has 0 aliphatic rings. The van der Waals surface area contributed by atoms with Gasteiger partial charge in [0.1, 0.15) is 6.04 Å². The summed E-state index contributed by atoms with van der Waals surface area (Å²) in [7, 11) is 0. The number of carbonyl (C=O) groups is 1. The minimum atomic E-state index is -0.554. The van der Waals surface area contributed by atoms with E-state index in [2.05, 4.69) is 18.9 Å². The van der Waals surface area contributed by atoms with Gasteiger partial charge in [0.2, 0.25) is 0 Å². The molecule has 18 heavy (non-hydrogen) atoms. The van der Waals surface area contributed by atoms with E-state index in [1.165, 1.54) is 0 Å². The predicted octanol–water partition coefficient (Wildman–Crippen LogP) is 1.59. The molecule has 102 valence electrons. The highest BCUT2D eigenvalue weighted by Crippen LogP contribution is 2.13. The Morgan fingerprint density at radius 2 is 2.33 bits per heavy atom. The van der Waals surface area contributed by atoms with E-state index in [1.54, 1.807) is 18.7 Å². The van der Waals surface area contributed by atoms with Crippen molar-refractivity contribution in [1.82, 2.24) is 9.78 Å². The van der Waals surface area contributed by atoms with Crippen LogP contribution in [0.15, 0.2) is 12.3 Å². The molecular formula is C12H21N3O2S. The minimum Gasteiger partial charge on any atom is -0.465 e. The number of hydrogen-bond acceptors (Lipinski definition) is 5. The summed E-state index contributed by atoms with van der Waals surface area (Å²) in [5.74, 6) is 0.970. The van der Waals surface area contributed by atoms with Gasteiger partial charge in [-0.3, -0.25) is 9.48 Å². The van der Waals surface area contributed by atoms with Crippen molar-refractivity contribution in [3.05, 3.63) is 18.0 Å². The quantitative estimate of drug-likeness (QED) is 0.763. The number of nitrogens with zero attached hydrogens (tertiary/aromatic N) is 2. The molecule has 1 aromatic rings. The number of carbonyl (C=O) groups excluding carboxylic acids is 1. The molecule has 0 saturated heterocycles. The summed E-state index contributed by atoms with van der Waals surface area (Å²) in [5, 5.41) is 4.43. The number of esters is 1. The first kappa shape index (κ1) is 15.0. The van der Waals surface area contributed by atoms with Gasteiger partial charge in [-0.25, -0.2) is 0 Å². The van der Waals surface area contributed by atoms with E-state index in [9.17, 15) is 4.79 Å². The van der Waals surface area contributed by atoms with Crippen molar-refractivity contribution in [2.75, 3.05) is 12.4 Å². The molecule has 0 amide bonds. The van der Waals surface area contributed by atoms with E-state index in [-0.39, 0.29) is 5.97 Å². The van der Waals surface area contributed by atoms with Gasteiger partial charge < -0.3 is 10.5 Å². The van der Waals surface area contributed by atoms with Crippen LogP contribution in [-0.4, -0.2) is 34.2 Å². The Hall–Kier alpha value is -1.01. The summed E-state index contributed by atoms with van der Waals surface area (Å²) in [5.41, 5.74) is 6.70. The number of nitrogens with two attached hydrogens (primary N) is 1. The zero-order valence-corrected chi connectivity index (χ0v) is 11.9. The van der Waals surface area contributed by atoms with E-state index >= 15 is 0 Å². The first-order chi connectivity index (χ1) is 8.54.